The molecule has 8 heteroatoms. The van der Waals surface area contributed by atoms with Gasteiger partial charge in [0.15, 0.2) is 5.78 Å². The van der Waals surface area contributed by atoms with Gasteiger partial charge in [0.25, 0.3) is 10.8 Å². The first-order valence-electron chi connectivity index (χ1n) is 14.0. The lowest BCUT2D eigenvalue weighted by Crippen LogP contribution is -2.78. The molecule has 4 fully saturated rings. The average molecular weight is 505 g/mol. The molecule has 0 aromatic heterocycles. The zero-order valence-electron chi connectivity index (χ0n) is 22.9. The van der Waals surface area contributed by atoms with E-state index in [0.29, 0.717) is 30.6 Å². The molecule has 1 heterocycles. The molecule has 0 N–H and O–H groups in total. The van der Waals surface area contributed by atoms with Gasteiger partial charge in [-0.1, -0.05) is 53.9 Å². The summed E-state index contributed by atoms with van der Waals surface area (Å²) in [4.78, 5) is 58.4. The Morgan fingerprint density at radius 2 is 1.81 bits per heavy atom. The van der Waals surface area contributed by atoms with Crippen molar-refractivity contribution in [1.82, 2.24) is 4.90 Å². The molecule has 4 aliphatic rings. The van der Waals surface area contributed by atoms with Gasteiger partial charge in [-0.05, 0) is 73.5 Å². The molecule has 1 aliphatic heterocycles. The van der Waals surface area contributed by atoms with E-state index < -0.39 is 39.7 Å². The van der Waals surface area contributed by atoms with E-state index in [2.05, 4.69) is 27.7 Å². The van der Waals surface area contributed by atoms with E-state index in [0.717, 1.165) is 30.6 Å². The van der Waals surface area contributed by atoms with Crippen molar-refractivity contribution in [2.45, 2.75) is 111 Å². The van der Waals surface area contributed by atoms with E-state index in [1.807, 2.05) is 6.92 Å². The number of rotatable bonds is 7. The zero-order valence-corrected chi connectivity index (χ0v) is 22.9. The maximum atomic E-state index is 14.2. The maximum Gasteiger partial charge on any atom is 0.297 e. The van der Waals surface area contributed by atoms with Crippen molar-refractivity contribution in [3.8, 4) is 0 Å². The van der Waals surface area contributed by atoms with Crippen molar-refractivity contribution < 1.29 is 24.3 Å². The van der Waals surface area contributed by atoms with Crippen LogP contribution in [0.3, 0.4) is 0 Å². The SMILES string of the molecule is CC(=O)N1C(=O)[C@H]2[C@@H]3CC[C@H]([C@H](C)CCCC(C)C)[C@@]3(C)CC[C@@H]2[C@@]2(C)CCCC(=O)[C@]12O[N+](=O)[O-]. The number of fused-ring (bicyclic) bond motifs is 5. The molecule has 0 aromatic carbocycles. The molecule has 4 rings (SSSR count). The van der Waals surface area contributed by atoms with Gasteiger partial charge in [0.05, 0.1) is 0 Å². The van der Waals surface area contributed by atoms with Crippen LogP contribution in [0.1, 0.15) is 106 Å². The van der Waals surface area contributed by atoms with Crippen molar-refractivity contribution in [1.29, 1.82) is 0 Å². The predicted molar refractivity (Wildman–Crippen MR) is 134 cm³/mol. The van der Waals surface area contributed by atoms with Gasteiger partial charge in [-0.15, -0.1) is 10.1 Å². The van der Waals surface area contributed by atoms with E-state index in [4.69, 9.17) is 4.84 Å². The van der Waals surface area contributed by atoms with E-state index in [1.54, 1.807) is 0 Å². The summed E-state index contributed by atoms with van der Waals surface area (Å²) in [7, 11) is 0. The Morgan fingerprint density at radius 1 is 1.11 bits per heavy atom. The highest BCUT2D eigenvalue weighted by molar-refractivity contribution is 6.04. The fourth-order valence-corrected chi connectivity index (χ4v) is 9.30. The number of hydrogen-bond donors (Lipinski definition) is 0. The topological polar surface area (TPSA) is 107 Å². The second kappa shape index (κ2) is 9.39. The van der Waals surface area contributed by atoms with Crippen LogP contribution < -0.4 is 0 Å². The van der Waals surface area contributed by atoms with E-state index in [9.17, 15) is 24.5 Å². The maximum absolute atomic E-state index is 14.2. The fraction of sp³-hybridized carbons (Fsp3) is 0.893. The van der Waals surface area contributed by atoms with Crippen molar-refractivity contribution in [2.75, 3.05) is 0 Å². The number of amides is 2. The lowest BCUT2D eigenvalue weighted by Gasteiger charge is -2.64. The van der Waals surface area contributed by atoms with Crippen molar-refractivity contribution in [3.05, 3.63) is 10.1 Å². The lowest BCUT2D eigenvalue weighted by atomic mass is 9.46. The minimum absolute atomic E-state index is 0.0183. The number of imide groups is 1. The summed E-state index contributed by atoms with van der Waals surface area (Å²) in [6, 6.07) is 0. The van der Waals surface area contributed by atoms with Crippen LogP contribution in [0, 0.1) is 56.5 Å². The molecule has 8 nitrogen and oxygen atoms in total. The Hall–Kier alpha value is -1.99. The van der Waals surface area contributed by atoms with Crippen LogP contribution in [0.5, 0.6) is 0 Å². The first-order valence-corrected chi connectivity index (χ1v) is 14.0. The van der Waals surface area contributed by atoms with Gasteiger partial charge in [-0.25, -0.2) is 4.90 Å². The van der Waals surface area contributed by atoms with Crippen molar-refractivity contribution in [3.63, 3.8) is 0 Å². The molecule has 3 saturated carbocycles. The summed E-state index contributed by atoms with van der Waals surface area (Å²) in [6.07, 6.45) is 8.41. The molecule has 2 amide bonds. The molecule has 0 aromatic rings. The largest absolute Gasteiger partial charge is 0.297 e. The molecule has 0 spiro atoms. The molecule has 0 radical (unpaired) electrons. The van der Waals surface area contributed by atoms with E-state index in [1.165, 1.54) is 26.2 Å². The summed E-state index contributed by atoms with van der Waals surface area (Å²) >= 11 is 0. The van der Waals surface area contributed by atoms with Gasteiger partial charge in [-0.3, -0.25) is 19.2 Å². The number of carbonyl (C=O) groups is 3. The molecule has 0 bridgehead atoms. The van der Waals surface area contributed by atoms with Crippen LogP contribution in [0.2, 0.25) is 0 Å². The summed E-state index contributed by atoms with van der Waals surface area (Å²) in [5.74, 6) is -0.387. The third-order valence-corrected chi connectivity index (χ3v) is 10.9. The lowest BCUT2D eigenvalue weighted by molar-refractivity contribution is -0.788. The van der Waals surface area contributed by atoms with Crippen molar-refractivity contribution >= 4 is 17.6 Å². The van der Waals surface area contributed by atoms with Gasteiger partial charge in [0.1, 0.15) is 0 Å². The second-order valence-corrected chi connectivity index (χ2v) is 13.1. The average Bonchev–Trinajstić information content (AvgIpc) is 3.12. The number of piperidine rings is 1. The van der Waals surface area contributed by atoms with Gasteiger partial charge in [0, 0.05) is 24.7 Å². The van der Waals surface area contributed by atoms with Crippen LogP contribution in [0.4, 0.5) is 0 Å². The van der Waals surface area contributed by atoms with Gasteiger partial charge in [-0.2, -0.15) is 0 Å². The van der Waals surface area contributed by atoms with Crippen LogP contribution in [-0.2, 0) is 19.2 Å². The summed E-state index contributed by atoms with van der Waals surface area (Å²) < 4.78 is 0. The zero-order chi connectivity index (χ0) is 26.6. The quantitative estimate of drug-likeness (QED) is 0.332. The molecule has 202 valence electrons. The Balaban J connectivity index is 1.72. The highest BCUT2D eigenvalue weighted by atomic mass is 17.0. The second-order valence-electron chi connectivity index (χ2n) is 13.1. The minimum Gasteiger partial charge on any atom is -0.295 e. The Morgan fingerprint density at radius 3 is 2.42 bits per heavy atom. The standard InChI is InChI=1S/C28H44N2O6/c1-17(2)9-7-10-18(3)20-12-13-21-24-22(14-16-26(20,21)5)27(6)15-8-11-23(32)28(27,36-30(34)35)29(19(4)31)25(24)33/h17-18,20-22,24H,7-16H2,1-6H3/t18-,20-,21+,22+,24+,26-,27-,28-/m1/s1. The number of likely N-dealkylation sites (tertiary alicyclic amines) is 1. The third-order valence-electron chi connectivity index (χ3n) is 10.9. The highest BCUT2D eigenvalue weighted by Crippen LogP contribution is 2.68. The first kappa shape index (κ1) is 27.1. The fourth-order valence-electron chi connectivity index (χ4n) is 9.30. The van der Waals surface area contributed by atoms with Gasteiger partial charge in [0.2, 0.25) is 11.8 Å². The molecule has 1 saturated heterocycles. The molecular weight excluding hydrogens is 460 g/mol. The Labute approximate surface area is 215 Å². The van der Waals surface area contributed by atoms with Crippen LogP contribution in [0.25, 0.3) is 0 Å². The minimum atomic E-state index is -2.16. The number of carbonyl (C=O) groups excluding carboxylic acids is 3. The molecular formula is C28H44N2O6. The highest BCUT2D eigenvalue weighted by Gasteiger charge is 2.75. The Kier molecular flexibility index (Phi) is 7.06. The summed E-state index contributed by atoms with van der Waals surface area (Å²) in [5.41, 5.74) is -3.16. The summed E-state index contributed by atoms with van der Waals surface area (Å²) in [5, 5.41) is 10.7. The third kappa shape index (κ3) is 3.80. The number of ketones is 1. The molecule has 8 atom stereocenters. The molecule has 3 aliphatic carbocycles. The number of nitrogens with zero attached hydrogens (tertiary/aromatic N) is 2. The normalized spacial score (nSPS) is 40.9. The predicted octanol–water partition coefficient (Wildman–Crippen LogP) is 5.56. The first-order chi connectivity index (χ1) is 16.8. The smallest absolute Gasteiger partial charge is 0.295 e. The van der Waals surface area contributed by atoms with Crippen LogP contribution in [-0.4, -0.2) is 33.3 Å². The van der Waals surface area contributed by atoms with Crippen molar-refractivity contribution in [2.24, 2.45) is 46.3 Å². The van der Waals surface area contributed by atoms with Crippen LogP contribution >= 0.6 is 0 Å². The van der Waals surface area contributed by atoms with Crippen LogP contribution in [0.15, 0.2) is 0 Å². The molecule has 36 heavy (non-hydrogen) atoms. The van der Waals surface area contributed by atoms with E-state index in [-0.39, 0.29) is 23.7 Å². The summed E-state index contributed by atoms with van der Waals surface area (Å²) in [6.45, 7) is 12.3. The monoisotopic (exact) mass is 504 g/mol. The van der Waals surface area contributed by atoms with Gasteiger partial charge < -0.3 is 0 Å². The number of hydrogen-bond acceptors (Lipinski definition) is 6. The molecule has 0 unspecified atom stereocenters. The van der Waals surface area contributed by atoms with E-state index >= 15 is 0 Å². The number of Topliss-reactive ketones (excluding diaryl/α,β-unsaturated/α-hetero) is 1. The Bertz CT molecular complexity index is 935. The van der Waals surface area contributed by atoms with Gasteiger partial charge >= 0.3 is 0 Å².